The van der Waals surface area contributed by atoms with Crippen molar-refractivity contribution in [3.63, 3.8) is 0 Å². The highest BCUT2D eigenvalue weighted by Crippen LogP contribution is 2.17. The first-order valence-corrected chi connectivity index (χ1v) is 6.55. The number of aromatic nitrogens is 2. The molecule has 1 heterocycles. The zero-order valence-electron chi connectivity index (χ0n) is 11.0. The van der Waals surface area contributed by atoms with Gasteiger partial charge in [0.05, 0.1) is 0 Å². The third-order valence-corrected chi connectivity index (χ3v) is 3.38. The molecule has 0 radical (unpaired) electrons. The van der Waals surface area contributed by atoms with Crippen LogP contribution in [-0.4, -0.2) is 9.97 Å². The van der Waals surface area contributed by atoms with E-state index in [2.05, 4.69) is 48.1 Å². The molecule has 3 heteroatoms. The average molecular weight is 261 g/mol. The van der Waals surface area contributed by atoms with Crippen molar-refractivity contribution in [2.24, 2.45) is 0 Å². The Kier molecular flexibility index (Phi) is 3.97. The Balaban J connectivity index is 2.32. The van der Waals surface area contributed by atoms with Crippen LogP contribution >= 0.6 is 11.6 Å². The van der Waals surface area contributed by atoms with Crippen molar-refractivity contribution in [2.45, 2.75) is 33.6 Å². The molecule has 0 aliphatic heterocycles. The van der Waals surface area contributed by atoms with E-state index in [-0.39, 0.29) is 0 Å². The van der Waals surface area contributed by atoms with E-state index in [1.165, 1.54) is 11.1 Å². The molecule has 2 nitrogen and oxygen atoms in total. The molecular weight excluding hydrogens is 244 g/mol. The molecule has 0 atom stereocenters. The number of hydrogen-bond acceptors (Lipinski definition) is 2. The highest BCUT2D eigenvalue weighted by Gasteiger charge is 2.08. The Labute approximate surface area is 113 Å². The Morgan fingerprint density at radius 1 is 1.17 bits per heavy atom. The zero-order chi connectivity index (χ0) is 13.1. The summed E-state index contributed by atoms with van der Waals surface area (Å²) in [6, 6.07) is 8.39. The second-order valence-corrected chi connectivity index (χ2v) is 4.88. The van der Waals surface area contributed by atoms with Crippen LogP contribution in [0.5, 0.6) is 0 Å². The van der Waals surface area contributed by atoms with Crippen LogP contribution in [0.3, 0.4) is 0 Å². The summed E-state index contributed by atoms with van der Waals surface area (Å²) in [5.41, 5.74) is 4.50. The van der Waals surface area contributed by atoms with Gasteiger partial charge in [-0.1, -0.05) is 48.4 Å². The van der Waals surface area contributed by atoms with E-state index in [0.29, 0.717) is 5.15 Å². The van der Waals surface area contributed by atoms with E-state index >= 15 is 0 Å². The van der Waals surface area contributed by atoms with Crippen LogP contribution < -0.4 is 0 Å². The summed E-state index contributed by atoms with van der Waals surface area (Å²) >= 11 is 6.14. The molecule has 94 valence electrons. The SMILES string of the molecule is CCc1nc(Cc2cccc(C)c2)nc(Cl)c1C. The number of aryl methyl sites for hydroxylation is 2. The second kappa shape index (κ2) is 5.49. The maximum absolute atomic E-state index is 6.14. The lowest BCUT2D eigenvalue weighted by Gasteiger charge is -2.08. The molecule has 0 saturated heterocycles. The predicted molar refractivity (Wildman–Crippen MR) is 75.1 cm³/mol. The lowest BCUT2D eigenvalue weighted by Crippen LogP contribution is -2.03. The first-order valence-electron chi connectivity index (χ1n) is 6.17. The topological polar surface area (TPSA) is 25.8 Å². The molecule has 0 unspecified atom stereocenters. The van der Waals surface area contributed by atoms with Gasteiger partial charge in [-0.3, -0.25) is 0 Å². The lowest BCUT2D eigenvalue weighted by molar-refractivity contribution is 0.888. The highest BCUT2D eigenvalue weighted by molar-refractivity contribution is 6.30. The average Bonchev–Trinajstić information content (AvgIpc) is 2.33. The molecule has 1 aromatic carbocycles. The summed E-state index contributed by atoms with van der Waals surface area (Å²) in [5, 5.41) is 0.574. The summed E-state index contributed by atoms with van der Waals surface area (Å²) in [4.78, 5) is 8.94. The molecule has 2 rings (SSSR count). The third-order valence-electron chi connectivity index (χ3n) is 3.01. The molecule has 1 aromatic heterocycles. The van der Waals surface area contributed by atoms with Crippen molar-refractivity contribution in [3.8, 4) is 0 Å². The highest BCUT2D eigenvalue weighted by atomic mass is 35.5. The molecule has 18 heavy (non-hydrogen) atoms. The van der Waals surface area contributed by atoms with Crippen LogP contribution in [0, 0.1) is 13.8 Å². The van der Waals surface area contributed by atoms with Crippen LogP contribution in [-0.2, 0) is 12.8 Å². The quantitative estimate of drug-likeness (QED) is 0.783. The molecule has 0 N–H and O–H groups in total. The fourth-order valence-corrected chi connectivity index (χ4v) is 2.22. The fourth-order valence-electron chi connectivity index (χ4n) is 2.01. The van der Waals surface area contributed by atoms with E-state index < -0.39 is 0 Å². The molecule has 0 aliphatic rings. The number of rotatable bonds is 3. The first-order chi connectivity index (χ1) is 8.60. The smallest absolute Gasteiger partial charge is 0.135 e. The van der Waals surface area contributed by atoms with Gasteiger partial charge in [0.15, 0.2) is 0 Å². The molecule has 2 aromatic rings. The maximum Gasteiger partial charge on any atom is 0.135 e. The predicted octanol–water partition coefficient (Wildman–Crippen LogP) is 3.90. The van der Waals surface area contributed by atoms with Gasteiger partial charge in [0, 0.05) is 17.7 Å². The third kappa shape index (κ3) is 2.88. The van der Waals surface area contributed by atoms with E-state index in [1.807, 2.05) is 6.92 Å². The van der Waals surface area contributed by atoms with Gasteiger partial charge in [-0.15, -0.1) is 0 Å². The van der Waals surface area contributed by atoms with Gasteiger partial charge in [-0.2, -0.15) is 0 Å². The van der Waals surface area contributed by atoms with Crippen LogP contribution in [0.4, 0.5) is 0 Å². The molecule has 0 aliphatic carbocycles. The lowest BCUT2D eigenvalue weighted by atomic mass is 10.1. The molecular formula is C15H17ClN2. The van der Waals surface area contributed by atoms with Crippen molar-refractivity contribution in [3.05, 3.63) is 57.6 Å². The number of halogens is 1. The van der Waals surface area contributed by atoms with Crippen molar-refractivity contribution in [1.29, 1.82) is 0 Å². The van der Waals surface area contributed by atoms with Gasteiger partial charge in [0.1, 0.15) is 11.0 Å². The first kappa shape index (κ1) is 13.0. The van der Waals surface area contributed by atoms with Crippen molar-refractivity contribution < 1.29 is 0 Å². The summed E-state index contributed by atoms with van der Waals surface area (Å²) in [7, 11) is 0. The minimum atomic E-state index is 0.574. The van der Waals surface area contributed by atoms with Crippen LogP contribution in [0.1, 0.15) is 35.1 Å². The van der Waals surface area contributed by atoms with E-state index in [1.54, 1.807) is 0 Å². The minimum Gasteiger partial charge on any atom is -0.237 e. The second-order valence-electron chi connectivity index (χ2n) is 4.52. The maximum atomic E-state index is 6.14. The summed E-state index contributed by atoms with van der Waals surface area (Å²) in [5.74, 6) is 0.799. The van der Waals surface area contributed by atoms with E-state index in [9.17, 15) is 0 Å². The van der Waals surface area contributed by atoms with Crippen LogP contribution in [0.2, 0.25) is 5.15 Å². The van der Waals surface area contributed by atoms with Crippen LogP contribution in [0.25, 0.3) is 0 Å². The van der Waals surface area contributed by atoms with Gasteiger partial charge >= 0.3 is 0 Å². The minimum absolute atomic E-state index is 0.574. The summed E-state index contributed by atoms with van der Waals surface area (Å²) < 4.78 is 0. The monoisotopic (exact) mass is 260 g/mol. The van der Waals surface area contributed by atoms with E-state index in [0.717, 1.165) is 29.9 Å². The molecule has 0 saturated carbocycles. The molecule has 0 bridgehead atoms. The number of nitrogens with zero attached hydrogens (tertiary/aromatic N) is 2. The summed E-state index contributed by atoms with van der Waals surface area (Å²) in [6.45, 7) is 6.14. The largest absolute Gasteiger partial charge is 0.237 e. The normalized spacial score (nSPS) is 10.7. The van der Waals surface area contributed by atoms with Crippen molar-refractivity contribution in [2.75, 3.05) is 0 Å². The molecule has 0 fully saturated rings. The number of benzene rings is 1. The van der Waals surface area contributed by atoms with Crippen molar-refractivity contribution >= 4 is 11.6 Å². The van der Waals surface area contributed by atoms with Gasteiger partial charge in [0.2, 0.25) is 0 Å². The van der Waals surface area contributed by atoms with Gasteiger partial charge in [-0.25, -0.2) is 9.97 Å². The van der Waals surface area contributed by atoms with Crippen LogP contribution in [0.15, 0.2) is 24.3 Å². The Morgan fingerprint density at radius 2 is 1.94 bits per heavy atom. The Morgan fingerprint density at radius 3 is 2.61 bits per heavy atom. The Hall–Kier alpha value is -1.41. The van der Waals surface area contributed by atoms with Gasteiger partial charge < -0.3 is 0 Å². The molecule has 0 spiro atoms. The Bertz CT molecular complexity index is 564. The van der Waals surface area contributed by atoms with Gasteiger partial charge in [0.25, 0.3) is 0 Å². The molecule has 0 amide bonds. The number of hydrogen-bond donors (Lipinski definition) is 0. The van der Waals surface area contributed by atoms with Crippen molar-refractivity contribution in [1.82, 2.24) is 9.97 Å². The standard InChI is InChI=1S/C15H17ClN2/c1-4-13-11(3)15(16)18-14(17-13)9-12-7-5-6-10(2)8-12/h5-8H,4,9H2,1-3H3. The van der Waals surface area contributed by atoms with Gasteiger partial charge in [-0.05, 0) is 25.8 Å². The van der Waals surface area contributed by atoms with E-state index in [4.69, 9.17) is 11.6 Å². The fraction of sp³-hybridized carbons (Fsp3) is 0.333. The summed E-state index contributed by atoms with van der Waals surface area (Å²) in [6.07, 6.45) is 1.61. The zero-order valence-corrected chi connectivity index (χ0v) is 11.8.